The van der Waals surface area contributed by atoms with Crippen molar-refractivity contribution in [1.29, 1.82) is 0 Å². The molecule has 20 heavy (non-hydrogen) atoms. The van der Waals surface area contributed by atoms with E-state index in [0.717, 1.165) is 22.3 Å². The molecule has 0 heterocycles. The van der Waals surface area contributed by atoms with Gasteiger partial charge in [0.05, 0.1) is 5.56 Å². The van der Waals surface area contributed by atoms with Crippen LogP contribution in [-0.4, -0.2) is 5.78 Å². The molecule has 0 spiro atoms. The Morgan fingerprint density at radius 1 is 1.00 bits per heavy atom. The third-order valence-electron chi connectivity index (χ3n) is 3.77. The first-order chi connectivity index (χ1) is 9.32. The van der Waals surface area contributed by atoms with Crippen molar-refractivity contribution in [2.75, 3.05) is 0 Å². The van der Waals surface area contributed by atoms with Gasteiger partial charge in [-0.05, 0) is 68.1 Å². The Bertz CT molecular complexity index is 678. The molecular formula is C17H16BrFO. The Kier molecular flexibility index (Phi) is 4.09. The van der Waals surface area contributed by atoms with Gasteiger partial charge in [-0.15, -0.1) is 0 Å². The van der Waals surface area contributed by atoms with Gasteiger partial charge in [0.25, 0.3) is 0 Å². The number of ketones is 1. The van der Waals surface area contributed by atoms with Gasteiger partial charge >= 0.3 is 0 Å². The molecule has 0 fully saturated rings. The first-order valence-electron chi connectivity index (χ1n) is 6.40. The van der Waals surface area contributed by atoms with Gasteiger partial charge in [-0.2, -0.15) is 0 Å². The largest absolute Gasteiger partial charge is 0.288 e. The monoisotopic (exact) mass is 334 g/mol. The molecule has 1 nitrogen and oxygen atoms in total. The third kappa shape index (κ3) is 2.55. The lowest BCUT2D eigenvalue weighted by atomic mass is 9.89. The van der Waals surface area contributed by atoms with Crippen molar-refractivity contribution >= 4 is 21.7 Å². The zero-order valence-electron chi connectivity index (χ0n) is 12.0. The quantitative estimate of drug-likeness (QED) is 0.702. The van der Waals surface area contributed by atoms with E-state index in [1.54, 1.807) is 6.07 Å². The third-order valence-corrected chi connectivity index (χ3v) is 4.26. The minimum Gasteiger partial charge on any atom is -0.288 e. The maximum atomic E-state index is 14.0. The molecule has 0 aliphatic heterocycles. The van der Waals surface area contributed by atoms with Gasteiger partial charge < -0.3 is 0 Å². The first kappa shape index (κ1) is 14.9. The van der Waals surface area contributed by atoms with Crippen molar-refractivity contribution in [1.82, 2.24) is 0 Å². The van der Waals surface area contributed by atoms with Crippen LogP contribution in [-0.2, 0) is 0 Å². The first-order valence-corrected chi connectivity index (χ1v) is 7.19. The second-order valence-electron chi connectivity index (χ2n) is 5.09. The molecule has 0 atom stereocenters. The average molecular weight is 335 g/mol. The zero-order chi connectivity index (χ0) is 15.0. The molecule has 2 aromatic rings. The topological polar surface area (TPSA) is 17.1 Å². The maximum absolute atomic E-state index is 14.0. The van der Waals surface area contributed by atoms with Crippen molar-refractivity contribution in [2.45, 2.75) is 27.7 Å². The molecule has 0 aliphatic rings. The standard InChI is InChI=1S/C17H16BrFO/c1-9-7-10(2)12(4)16(11(9)3)17(20)14-6-5-13(18)8-15(14)19/h5-8H,1-4H3. The molecule has 2 rings (SSSR count). The summed E-state index contributed by atoms with van der Waals surface area (Å²) in [6, 6.07) is 6.59. The zero-order valence-corrected chi connectivity index (χ0v) is 13.6. The highest BCUT2D eigenvalue weighted by molar-refractivity contribution is 9.10. The van der Waals surface area contributed by atoms with Crippen LogP contribution in [0.25, 0.3) is 0 Å². The predicted molar refractivity (Wildman–Crippen MR) is 82.9 cm³/mol. The number of benzene rings is 2. The summed E-state index contributed by atoms with van der Waals surface area (Å²) in [5, 5.41) is 0. The van der Waals surface area contributed by atoms with Gasteiger partial charge in [-0.3, -0.25) is 4.79 Å². The van der Waals surface area contributed by atoms with Gasteiger partial charge in [0.15, 0.2) is 5.78 Å². The highest BCUT2D eigenvalue weighted by atomic mass is 79.9. The summed E-state index contributed by atoms with van der Waals surface area (Å²) in [6.45, 7) is 7.75. The lowest BCUT2D eigenvalue weighted by molar-refractivity contribution is 0.103. The van der Waals surface area contributed by atoms with E-state index < -0.39 is 5.82 Å². The summed E-state index contributed by atoms with van der Waals surface area (Å²) in [7, 11) is 0. The fourth-order valence-electron chi connectivity index (χ4n) is 2.37. The van der Waals surface area contributed by atoms with Gasteiger partial charge in [0.2, 0.25) is 0 Å². The summed E-state index contributed by atoms with van der Waals surface area (Å²) >= 11 is 3.20. The van der Waals surface area contributed by atoms with Gasteiger partial charge in [0, 0.05) is 10.0 Å². The molecule has 0 radical (unpaired) electrons. The van der Waals surface area contributed by atoms with Crippen LogP contribution in [0, 0.1) is 33.5 Å². The molecule has 0 amide bonds. The van der Waals surface area contributed by atoms with Crippen molar-refractivity contribution < 1.29 is 9.18 Å². The van der Waals surface area contributed by atoms with E-state index >= 15 is 0 Å². The van der Waals surface area contributed by atoms with Crippen LogP contribution in [0.1, 0.15) is 38.2 Å². The fraction of sp³-hybridized carbons (Fsp3) is 0.235. The maximum Gasteiger partial charge on any atom is 0.196 e. The van der Waals surface area contributed by atoms with E-state index in [2.05, 4.69) is 22.0 Å². The van der Waals surface area contributed by atoms with E-state index in [4.69, 9.17) is 0 Å². The molecule has 0 aromatic heterocycles. The number of halogens is 2. The van der Waals surface area contributed by atoms with E-state index in [1.165, 1.54) is 12.1 Å². The Morgan fingerprint density at radius 3 is 2.05 bits per heavy atom. The van der Waals surface area contributed by atoms with Gasteiger partial charge in [-0.25, -0.2) is 4.39 Å². The lowest BCUT2D eigenvalue weighted by Gasteiger charge is -2.14. The van der Waals surface area contributed by atoms with Gasteiger partial charge in [-0.1, -0.05) is 22.0 Å². The molecular weight excluding hydrogens is 319 g/mol. The number of rotatable bonds is 2. The number of carbonyl (C=O) groups excluding carboxylic acids is 1. The Morgan fingerprint density at radius 2 is 1.55 bits per heavy atom. The fourth-order valence-corrected chi connectivity index (χ4v) is 2.70. The summed E-state index contributed by atoms with van der Waals surface area (Å²) in [5.74, 6) is -0.751. The van der Waals surface area contributed by atoms with Crippen molar-refractivity contribution in [3.63, 3.8) is 0 Å². The molecule has 0 N–H and O–H groups in total. The van der Waals surface area contributed by atoms with Crippen LogP contribution in [0.2, 0.25) is 0 Å². The number of carbonyl (C=O) groups is 1. The van der Waals surface area contributed by atoms with Crippen molar-refractivity contribution in [3.05, 3.63) is 67.9 Å². The normalized spacial score (nSPS) is 10.7. The number of hydrogen-bond donors (Lipinski definition) is 0. The van der Waals surface area contributed by atoms with Crippen LogP contribution >= 0.6 is 15.9 Å². The highest BCUT2D eigenvalue weighted by Gasteiger charge is 2.20. The molecule has 0 aliphatic carbocycles. The molecule has 0 unspecified atom stereocenters. The Hall–Kier alpha value is -1.48. The minimum absolute atomic E-state index is 0.115. The molecule has 0 bridgehead atoms. The highest BCUT2D eigenvalue weighted by Crippen LogP contribution is 2.26. The summed E-state index contributed by atoms with van der Waals surface area (Å²) < 4.78 is 14.6. The average Bonchev–Trinajstić information content (AvgIpc) is 2.36. The second kappa shape index (κ2) is 5.49. The second-order valence-corrected chi connectivity index (χ2v) is 6.00. The molecule has 104 valence electrons. The van der Waals surface area contributed by atoms with Crippen LogP contribution in [0.5, 0.6) is 0 Å². The van der Waals surface area contributed by atoms with Crippen LogP contribution in [0.4, 0.5) is 4.39 Å². The van der Waals surface area contributed by atoms with Crippen LogP contribution < -0.4 is 0 Å². The predicted octanol–water partition coefficient (Wildman–Crippen LogP) is 5.05. The summed E-state index contributed by atoms with van der Waals surface area (Å²) in [4.78, 5) is 12.7. The molecule has 0 saturated carbocycles. The van der Waals surface area contributed by atoms with E-state index in [1.807, 2.05) is 27.7 Å². The Balaban J connectivity index is 2.65. The van der Waals surface area contributed by atoms with Gasteiger partial charge in [0.1, 0.15) is 5.82 Å². The summed E-state index contributed by atoms with van der Waals surface area (Å²) in [5.41, 5.74) is 4.66. The minimum atomic E-state index is -0.498. The Labute approximate surface area is 127 Å². The van der Waals surface area contributed by atoms with E-state index in [0.29, 0.717) is 10.0 Å². The smallest absolute Gasteiger partial charge is 0.196 e. The number of aryl methyl sites for hydroxylation is 2. The van der Waals surface area contributed by atoms with Crippen LogP contribution in [0.3, 0.4) is 0 Å². The summed E-state index contributed by atoms with van der Waals surface area (Å²) in [6.07, 6.45) is 0. The SMILES string of the molecule is Cc1cc(C)c(C)c(C(=O)c2ccc(Br)cc2F)c1C. The molecule has 3 heteroatoms. The lowest BCUT2D eigenvalue weighted by Crippen LogP contribution is -2.10. The molecule has 0 saturated heterocycles. The van der Waals surface area contributed by atoms with Crippen molar-refractivity contribution in [2.24, 2.45) is 0 Å². The van der Waals surface area contributed by atoms with E-state index in [9.17, 15) is 9.18 Å². The van der Waals surface area contributed by atoms with Crippen LogP contribution in [0.15, 0.2) is 28.7 Å². The van der Waals surface area contributed by atoms with E-state index in [-0.39, 0.29) is 11.3 Å². The van der Waals surface area contributed by atoms with Crippen molar-refractivity contribution in [3.8, 4) is 0 Å². The molecule has 2 aromatic carbocycles. The number of hydrogen-bond acceptors (Lipinski definition) is 1.